The first-order valence-electron chi connectivity index (χ1n) is 5.95. The van der Waals surface area contributed by atoms with Gasteiger partial charge in [0, 0.05) is 18.7 Å². The van der Waals surface area contributed by atoms with Gasteiger partial charge in [0.2, 0.25) is 0 Å². The zero-order valence-corrected chi connectivity index (χ0v) is 10.4. The van der Waals surface area contributed by atoms with E-state index in [1.807, 2.05) is 0 Å². The number of rotatable bonds is 5. The summed E-state index contributed by atoms with van der Waals surface area (Å²) in [5, 5.41) is 12.3. The summed E-state index contributed by atoms with van der Waals surface area (Å²) in [6, 6.07) is 0.995. The first kappa shape index (κ1) is 12.9. The Morgan fingerprint density at radius 1 is 1.40 bits per heavy atom. The molecular weight excluding hydrogens is 190 g/mol. The highest BCUT2D eigenvalue weighted by molar-refractivity contribution is 4.88. The Labute approximate surface area is 93.2 Å². The highest BCUT2D eigenvalue weighted by Crippen LogP contribution is 2.28. The zero-order chi connectivity index (χ0) is 11.5. The molecule has 0 radical (unpaired) electrons. The third-order valence-corrected chi connectivity index (χ3v) is 2.70. The van der Waals surface area contributed by atoms with Crippen LogP contribution in [0.4, 0.5) is 0 Å². The van der Waals surface area contributed by atoms with E-state index in [0.29, 0.717) is 18.2 Å². The van der Waals surface area contributed by atoms with Gasteiger partial charge < -0.3 is 15.2 Å². The molecule has 1 fully saturated rings. The molecule has 0 aromatic rings. The van der Waals surface area contributed by atoms with Gasteiger partial charge in [-0.3, -0.25) is 0 Å². The SMILES string of the molecule is CC(CCO)NC1CC(OC(C)(C)C)C1. The van der Waals surface area contributed by atoms with E-state index in [1.54, 1.807) is 0 Å². The Kier molecular flexibility index (Phi) is 4.56. The Morgan fingerprint density at radius 2 is 2.00 bits per heavy atom. The van der Waals surface area contributed by atoms with Crippen molar-refractivity contribution in [1.29, 1.82) is 0 Å². The maximum Gasteiger partial charge on any atom is 0.0612 e. The summed E-state index contributed by atoms with van der Waals surface area (Å²) in [5.74, 6) is 0. The van der Waals surface area contributed by atoms with Crippen LogP contribution in [0.25, 0.3) is 0 Å². The van der Waals surface area contributed by atoms with Crippen LogP contribution in [-0.4, -0.2) is 35.5 Å². The van der Waals surface area contributed by atoms with Gasteiger partial charge in [0.1, 0.15) is 0 Å². The van der Waals surface area contributed by atoms with Crippen molar-refractivity contribution >= 4 is 0 Å². The minimum absolute atomic E-state index is 0.0215. The fourth-order valence-corrected chi connectivity index (χ4v) is 1.98. The van der Waals surface area contributed by atoms with Crippen LogP contribution in [0.15, 0.2) is 0 Å². The second-order valence-electron chi connectivity index (χ2n) is 5.60. The number of nitrogens with one attached hydrogen (secondary N) is 1. The fourth-order valence-electron chi connectivity index (χ4n) is 1.98. The number of aliphatic hydroxyl groups is 1. The molecule has 1 saturated carbocycles. The lowest BCUT2D eigenvalue weighted by molar-refractivity contribution is -0.103. The van der Waals surface area contributed by atoms with Gasteiger partial charge in [-0.2, -0.15) is 0 Å². The minimum atomic E-state index is -0.0215. The molecule has 90 valence electrons. The lowest BCUT2D eigenvalue weighted by Gasteiger charge is -2.40. The Bertz CT molecular complexity index is 183. The van der Waals surface area contributed by atoms with E-state index in [2.05, 4.69) is 33.0 Å². The molecule has 0 aromatic carbocycles. The van der Waals surface area contributed by atoms with Gasteiger partial charge in [0.05, 0.1) is 11.7 Å². The molecule has 3 nitrogen and oxygen atoms in total. The Balaban J connectivity index is 2.10. The summed E-state index contributed by atoms with van der Waals surface area (Å²) in [4.78, 5) is 0. The quantitative estimate of drug-likeness (QED) is 0.733. The zero-order valence-electron chi connectivity index (χ0n) is 10.4. The van der Waals surface area contributed by atoms with Gasteiger partial charge >= 0.3 is 0 Å². The van der Waals surface area contributed by atoms with E-state index >= 15 is 0 Å². The van der Waals surface area contributed by atoms with Gasteiger partial charge in [0.15, 0.2) is 0 Å². The normalized spacial score (nSPS) is 28.6. The van der Waals surface area contributed by atoms with Crippen LogP contribution >= 0.6 is 0 Å². The fraction of sp³-hybridized carbons (Fsp3) is 1.00. The number of hydrogen-bond acceptors (Lipinski definition) is 3. The van der Waals surface area contributed by atoms with Crippen molar-refractivity contribution < 1.29 is 9.84 Å². The lowest BCUT2D eigenvalue weighted by atomic mass is 9.88. The molecule has 15 heavy (non-hydrogen) atoms. The van der Waals surface area contributed by atoms with Crippen molar-refractivity contribution in [3.05, 3.63) is 0 Å². The summed E-state index contributed by atoms with van der Waals surface area (Å²) in [5.41, 5.74) is -0.0215. The summed E-state index contributed by atoms with van der Waals surface area (Å²) >= 11 is 0. The topological polar surface area (TPSA) is 41.5 Å². The van der Waals surface area contributed by atoms with E-state index in [4.69, 9.17) is 9.84 Å². The van der Waals surface area contributed by atoms with Crippen LogP contribution in [0.3, 0.4) is 0 Å². The van der Waals surface area contributed by atoms with Gasteiger partial charge in [-0.05, 0) is 47.0 Å². The molecular formula is C12H25NO2. The molecule has 3 heteroatoms. The van der Waals surface area contributed by atoms with E-state index in [0.717, 1.165) is 19.3 Å². The van der Waals surface area contributed by atoms with Crippen LogP contribution in [0.5, 0.6) is 0 Å². The maximum absolute atomic E-state index is 8.78. The van der Waals surface area contributed by atoms with Gasteiger partial charge in [0.25, 0.3) is 0 Å². The Morgan fingerprint density at radius 3 is 2.47 bits per heavy atom. The summed E-state index contributed by atoms with van der Waals surface area (Å²) in [7, 11) is 0. The highest BCUT2D eigenvalue weighted by atomic mass is 16.5. The number of aliphatic hydroxyl groups excluding tert-OH is 1. The average molecular weight is 215 g/mol. The standard InChI is InChI=1S/C12H25NO2/c1-9(5-6-14)13-10-7-11(8-10)15-12(2,3)4/h9-11,13-14H,5-8H2,1-4H3. The molecule has 0 aliphatic heterocycles. The third-order valence-electron chi connectivity index (χ3n) is 2.70. The maximum atomic E-state index is 8.78. The largest absolute Gasteiger partial charge is 0.396 e. The second-order valence-corrected chi connectivity index (χ2v) is 5.60. The molecule has 0 spiro atoms. The molecule has 1 atom stereocenters. The monoisotopic (exact) mass is 215 g/mol. The van der Waals surface area contributed by atoms with Crippen molar-refractivity contribution in [2.45, 2.75) is 70.7 Å². The van der Waals surface area contributed by atoms with Crippen molar-refractivity contribution in [1.82, 2.24) is 5.32 Å². The first-order valence-corrected chi connectivity index (χ1v) is 5.95. The molecule has 0 aromatic heterocycles. The van der Waals surface area contributed by atoms with Crippen molar-refractivity contribution in [3.8, 4) is 0 Å². The molecule has 2 N–H and O–H groups in total. The lowest BCUT2D eigenvalue weighted by Crippen LogP contribution is -2.50. The van der Waals surface area contributed by atoms with E-state index < -0.39 is 0 Å². The minimum Gasteiger partial charge on any atom is -0.396 e. The number of ether oxygens (including phenoxy) is 1. The van der Waals surface area contributed by atoms with E-state index in [1.165, 1.54) is 0 Å². The van der Waals surface area contributed by atoms with Crippen LogP contribution in [0.2, 0.25) is 0 Å². The third kappa shape index (κ3) is 4.96. The average Bonchev–Trinajstić information content (AvgIpc) is 1.98. The molecule has 1 aliphatic rings. The van der Waals surface area contributed by atoms with Gasteiger partial charge in [-0.1, -0.05) is 0 Å². The Hall–Kier alpha value is -0.120. The van der Waals surface area contributed by atoms with Crippen LogP contribution in [0, 0.1) is 0 Å². The smallest absolute Gasteiger partial charge is 0.0612 e. The van der Waals surface area contributed by atoms with Crippen molar-refractivity contribution in [2.75, 3.05) is 6.61 Å². The van der Waals surface area contributed by atoms with Gasteiger partial charge in [-0.25, -0.2) is 0 Å². The highest BCUT2D eigenvalue weighted by Gasteiger charge is 2.33. The summed E-state index contributed by atoms with van der Waals surface area (Å²) in [6.45, 7) is 8.68. The van der Waals surface area contributed by atoms with Crippen LogP contribution in [-0.2, 0) is 4.74 Å². The van der Waals surface area contributed by atoms with Crippen molar-refractivity contribution in [3.63, 3.8) is 0 Å². The van der Waals surface area contributed by atoms with E-state index in [9.17, 15) is 0 Å². The van der Waals surface area contributed by atoms with Gasteiger partial charge in [-0.15, -0.1) is 0 Å². The molecule has 1 aliphatic carbocycles. The molecule has 0 saturated heterocycles. The molecule has 0 amide bonds. The molecule has 0 bridgehead atoms. The van der Waals surface area contributed by atoms with E-state index in [-0.39, 0.29) is 12.2 Å². The predicted octanol–water partition coefficient (Wildman–Crippen LogP) is 1.69. The van der Waals surface area contributed by atoms with Crippen molar-refractivity contribution in [2.24, 2.45) is 0 Å². The van der Waals surface area contributed by atoms with Crippen LogP contribution in [0.1, 0.15) is 47.0 Å². The molecule has 1 unspecified atom stereocenters. The second kappa shape index (κ2) is 5.28. The predicted molar refractivity (Wildman–Crippen MR) is 61.9 cm³/mol. The summed E-state index contributed by atoms with van der Waals surface area (Å²) in [6.07, 6.45) is 3.46. The van der Waals surface area contributed by atoms with Crippen LogP contribution < -0.4 is 5.32 Å². The molecule has 0 heterocycles. The number of hydrogen-bond donors (Lipinski definition) is 2. The summed E-state index contributed by atoms with van der Waals surface area (Å²) < 4.78 is 5.86. The first-order chi connectivity index (χ1) is 6.90. The molecule has 1 rings (SSSR count).